The molecule has 0 spiro atoms. The quantitative estimate of drug-likeness (QED) is 0.485. The number of rotatable bonds is 7. The SMILES string of the molecule is O=C(CCc1ncc(Nc2ccc(C(F)(F)F)cc2)s1)c1cc(N2CCC(O)CC2)ncn1. The molecule has 0 aliphatic carbocycles. The van der Waals surface area contributed by atoms with Crippen LogP contribution in [0.2, 0.25) is 0 Å². The molecule has 1 fully saturated rings. The van der Waals surface area contributed by atoms with Crippen molar-refractivity contribution in [1.82, 2.24) is 15.0 Å². The molecule has 3 aromatic rings. The van der Waals surface area contributed by atoms with Gasteiger partial charge in [0.25, 0.3) is 0 Å². The Hall–Kier alpha value is -3.05. The van der Waals surface area contributed by atoms with Crippen LogP contribution in [0.5, 0.6) is 0 Å². The number of nitrogens with one attached hydrogen (secondary N) is 1. The van der Waals surface area contributed by atoms with E-state index in [-0.39, 0.29) is 18.3 Å². The van der Waals surface area contributed by atoms with E-state index >= 15 is 0 Å². The van der Waals surface area contributed by atoms with Gasteiger partial charge >= 0.3 is 6.18 Å². The zero-order valence-electron chi connectivity index (χ0n) is 17.5. The van der Waals surface area contributed by atoms with Crippen LogP contribution in [0.1, 0.15) is 40.3 Å². The van der Waals surface area contributed by atoms with E-state index in [0.717, 1.165) is 17.1 Å². The number of anilines is 3. The summed E-state index contributed by atoms with van der Waals surface area (Å²) in [6.45, 7) is 1.36. The first-order chi connectivity index (χ1) is 15.8. The zero-order valence-corrected chi connectivity index (χ0v) is 18.4. The molecule has 0 atom stereocenters. The van der Waals surface area contributed by atoms with Gasteiger partial charge in [-0.25, -0.2) is 15.0 Å². The smallest absolute Gasteiger partial charge is 0.393 e. The monoisotopic (exact) mass is 477 g/mol. The molecule has 0 saturated carbocycles. The number of aliphatic hydroxyl groups is 1. The number of benzene rings is 1. The predicted octanol–water partition coefficient (Wildman–Crippen LogP) is 4.47. The first kappa shape index (κ1) is 23.1. The van der Waals surface area contributed by atoms with Gasteiger partial charge in [-0.3, -0.25) is 4.79 Å². The van der Waals surface area contributed by atoms with Crippen LogP contribution < -0.4 is 10.2 Å². The second-order valence-corrected chi connectivity index (χ2v) is 8.84. The van der Waals surface area contributed by atoms with Crippen LogP contribution in [0.3, 0.4) is 0 Å². The number of carbonyl (C=O) groups is 1. The third-order valence-electron chi connectivity index (χ3n) is 5.33. The van der Waals surface area contributed by atoms with Crippen molar-refractivity contribution in [3.63, 3.8) is 0 Å². The fourth-order valence-corrected chi connectivity index (χ4v) is 4.32. The summed E-state index contributed by atoms with van der Waals surface area (Å²) in [5, 5.41) is 14.1. The second-order valence-electron chi connectivity index (χ2n) is 7.72. The van der Waals surface area contributed by atoms with E-state index in [1.54, 1.807) is 12.3 Å². The molecule has 3 heterocycles. The molecule has 4 rings (SSSR count). The number of ketones is 1. The van der Waals surface area contributed by atoms with Gasteiger partial charge in [-0.05, 0) is 37.1 Å². The number of hydrogen-bond acceptors (Lipinski definition) is 8. The number of hydrogen-bond donors (Lipinski definition) is 2. The Labute approximate surface area is 192 Å². The van der Waals surface area contributed by atoms with Crippen molar-refractivity contribution < 1.29 is 23.1 Å². The number of nitrogens with zero attached hydrogens (tertiary/aromatic N) is 4. The summed E-state index contributed by atoms with van der Waals surface area (Å²) in [4.78, 5) is 27.3. The molecule has 7 nitrogen and oxygen atoms in total. The molecule has 0 radical (unpaired) electrons. The standard InChI is InChI=1S/C22H22F3N5O2S/c23-22(24,25)14-1-3-15(4-2-14)29-21-12-26-20(33-21)6-5-18(32)17-11-19(28-13-27-17)30-9-7-16(31)8-10-30/h1-4,11-13,16,29,31H,5-10H2. The lowest BCUT2D eigenvalue weighted by atomic mass is 10.1. The largest absolute Gasteiger partial charge is 0.416 e. The normalized spacial score (nSPS) is 15.0. The molecule has 1 aliphatic rings. The number of carbonyl (C=O) groups excluding carboxylic acids is 1. The van der Waals surface area contributed by atoms with Crippen LogP contribution in [-0.4, -0.2) is 45.0 Å². The number of aliphatic hydroxyl groups excluding tert-OH is 1. The van der Waals surface area contributed by atoms with Crippen molar-refractivity contribution in [2.24, 2.45) is 0 Å². The van der Waals surface area contributed by atoms with E-state index in [1.807, 2.05) is 4.90 Å². The van der Waals surface area contributed by atoms with Crippen molar-refractivity contribution >= 4 is 33.6 Å². The lowest BCUT2D eigenvalue weighted by molar-refractivity contribution is -0.137. The minimum atomic E-state index is -4.37. The fourth-order valence-electron chi connectivity index (χ4n) is 3.48. The average molecular weight is 478 g/mol. The molecular weight excluding hydrogens is 455 g/mol. The Balaban J connectivity index is 1.32. The minimum absolute atomic E-state index is 0.122. The molecule has 1 aliphatic heterocycles. The molecule has 2 N–H and O–H groups in total. The molecule has 1 aromatic carbocycles. The Bertz CT molecular complexity index is 1100. The van der Waals surface area contributed by atoms with Crippen LogP contribution in [-0.2, 0) is 12.6 Å². The Kier molecular flexibility index (Phi) is 6.89. The van der Waals surface area contributed by atoms with Gasteiger partial charge in [-0.1, -0.05) is 0 Å². The number of thiazole rings is 1. The first-order valence-electron chi connectivity index (χ1n) is 10.4. The lowest BCUT2D eigenvalue weighted by Crippen LogP contribution is -2.36. The fraction of sp³-hybridized carbons (Fsp3) is 0.364. The molecule has 33 heavy (non-hydrogen) atoms. The topological polar surface area (TPSA) is 91.2 Å². The number of aromatic nitrogens is 3. The van der Waals surface area contributed by atoms with Gasteiger partial charge in [-0.15, -0.1) is 11.3 Å². The molecule has 2 aromatic heterocycles. The molecule has 11 heteroatoms. The third kappa shape index (κ3) is 6.05. The summed E-state index contributed by atoms with van der Waals surface area (Å²) in [6.07, 6.45) is 0.291. The average Bonchev–Trinajstić information content (AvgIpc) is 3.25. The van der Waals surface area contributed by atoms with E-state index < -0.39 is 11.7 Å². The lowest BCUT2D eigenvalue weighted by Gasteiger charge is -2.30. The van der Waals surface area contributed by atoms with Gasteiger partial charge in [0, 0.05) is 37.7 Å². The molecule has 174 valence electrons. The van der Waals surface area contributed by atoms with E-state index in [9.17, 15) is 23.1 Å². The molecule has 0 bridgehead atoms. The summed E-state index contributed by atoms with van der Waals surface area (Å²) in [6, 6.07) is 6.44. The van der Waals surface area contributed by atoms with E-state index in [0.29, 0.717) is 54.6 Å². The van der Waals surface area contributed by atoms with Crippen LogP contribution in [0.25, 0.3) is 0 Å². The highest BCUT2D eigenvalue weighted by molar-refractivity contribution is 7.15. The van der Waals surface area contributed by atoms with Crippen molar-refractivity contribution in [3.8, 4) is 0 Å². The van der Waals surface area contributed by atoms with Crippen LogP contribution in [0, 0.1) is 0 Å². The number of piperidine rings is 1. The summed E-state index contributed by atoms with van der Waals surface area (Å²) in [5.74, 6) is 0.556. The third-order valence-corrected chi connectivity index (χ3v) is 6.30. The van der Waals surface area contributed by atoms with Gasteiger partial charge in [-0.2, -0.15) is 13.2 Å². The van der Waals surface area contributed by atoms with Gasteiger partial charge in [0.15, 0.2) is 5.78 Å². The zero-order chi connectivity index (χ0) is 23.4. The van der Waals surface area contributed by atoms with Crippen molar-refractivity contribution in [1.29, 1.82) is 0 Å². The summed E-state index contributed by atoms with van der Waals surface area (Å²) in [7, 11) is 0. The Morgan fingerprint density at radius 3 is 2.58 bits per heavy atom. The maximum atomic E-state index is 12.7. The summed E-state index contributed by atoms with van der Waals surface area (Å²) in [5.41, 5.74) is 0.154. The highest BCUT2D eigenvalue weighted by Gasteiger charge is 2.30. The van der Waals surface area contributed by atoms with Crippen molar-refractivity contribution in [2.75, 3.05) is 23.3 Å². The second kappa shape index (κ2) is 9.84. The molecule has 0 unspecified atom stereocenters. The minimum Gasteiger partial charge on any atom is -0.393 e. The Morgan fingerprint density at radius 1 is 1.15 bits per heavy atom. The van der Waals surface area contributed by atoms with Crippen molar-refractivity contribution in [2.45, 2.75) is 38.0 Å². The maximum absolute atomic E-state index is 12.7. The highest BCUT2D eigenvalue weighted by atomic mass is 32.1. The Morgan fingerprint density at radius 2 is 1.88 bits per heavy atom. The number of Topliss-reactive ketones (excluding diaryl/α,β-unsaturated/α-hetero) is 1. The summed E-state index contributed by atoms with van der Waals surface area (Å²) < 4.78 is 38.0. The number of aryl methyl sites for hydroxylation is 1. The number of alkyl halides is 3. The maximum Gasteiger partial charge on any atom is 0.416 e. The van der Waals surface area contributed by atoms with E-state index in [1.165, 1.54) is 29.8 Å². The first-order valence-corrected chi connectivity index (χ1v) is 11.3. The highest BCUT2D eigenvalue weighted by Crippen LogP contribution is 2.31. The van der Waals surface area contributed by atoms with E-state index in [4.69, 9.17) is 0 Å². The number of halogens is 3. The van der Waals surface area contributed by atoms with Crippen LogP contribution >= 0.6 is 11.3 Å². The molecule has 0 amide bonds. The summed E-state index contributed by atoms with van der Waals surface area (Å²) >= 11 is 1.34. The predicted molar refractivity (Wildman–Crippen MR) is 119 cm³/mol. The van der Waals surface area contributed by atoms with Crippen LogP contribution in [0.15, 0.2) is 42.9 Å². The molecular formula is C22H22F3N5O2S. The van der Waals surface area contributed by atoms with Gasteiger partial charge in [0.1, 0.15) is 22.8 Å². The van der Waals surface area contributed by atoms with Crippen LogP contribution in [0.4, 0.5) is 29.7 Å². The van der Waals surface area contributed by atoms with E-state index in [2.05, 4.69) is 20.3 Å². The van der Waals surface area contributed by atoms with Gasteiger partial charge in [0.05, 0.1) is 22.9 Å². The van der Waals surface area contributed by atoms with Gasteiger partial charge in [0.2, 0.25) is 0 Å². The van der Waals surface area contributed by atoms with Gasteiger partial charge < -0.3 is 15.3 Å². The molecule has 1 saturated heterocycles. The van der Waals surface area contributed by atoms with Crippen molar-refractivity contribution in [3.05, 3.63) is 59.1 Å².